The summed E-state index contributed by atoms with van der Waals surface area (Å²) >= 11 is 3.85. The Hall–Kier alpha value is -1.34. The second-order valence-electron chi connectivity index (χ2n) is 4.77. The van der Waals surface area contributed by atoms with Crippen LogP contribution in [0.15, 0.2) is 28.8 Å². The Morgan fingerprint density at radius 3 is 2.81 bits per heavy atom. The molecule has 2 atom stereocenters. The largest absolute Gasteiger partial charge is 0.484 e. The fourth-order valence-electron chi connectivity index (χ4n) is 2.07. The maximum Gasteiger partial charge on any atom is 0.264 e. The Morgan fingerprint density at radius 1 is 1.29 bits per heavy atom. The summed E-state index contributed by atoms with van der Waals surface area (Å²) in [5, 5.41) is 4.91. The zero-order valence-electron chi connectivity index (χ0n) is 11.7. The lowest BCUT2D eigenvalue weighted by Gasteiger charge is -2.24. The minimum Gasteiger partial charge on any atom is -0.484 e. The molecule has 1 aliphatic rings. The van der Waals surface area contributed by atoms with Crippen LogP contribution in [0.4, 0.5) is 5.69 Å². The molecule has 0 spiro atoms. The van der Waals surface area contributed by atoms with Gasteiger partial charge in [-0.2, -0.15) is 16.7 Å². The highest BCUT2D eigenvalue weighted by atomic mass is 32.2. The number of nitrogen functional groups attached to an aromatic ring is 1. The molecule has 1 aromatic heterocycles. The normalized spacial score (nSPS) is 22.1. The van der Waals surface area contributed by atoms with E-state index in [4.69, 9.17) is 15.0 Å². The third-order valence-corrected chi connectivity index (χ3v) is 6.26. The minimum atomic E-state index is 0.274. The van der Waals surface area contributed by atoms with Gasteiger partial charge in [-0.05, 0) is 24.3 Å². The van der Waals surface area contributed by atoms with E-state index < -0.39 is 0 Å². The van der Waals surface area contributed by atoms with Crippen LogP contribution < -0.4 is 10.5 Å². The molecule has 1 saturated heterocycles. The molecule has 0 amide bonds. The molecule has 1 fully saturated rings. The molecule has 0 aliphatic carbocycles. The molecule has 21 heavy (non-hydrogen) atoms. The number of benzene rings is 1. The molecule has 5 nitrogen and oxygen atoms in total. The standard InChI is InChI=1S/C14H17N3O2S2/c1-9-13(21-7-6-20-9)14-16-12(19-17-14)8-18-11-4-2-10(15)3-5-11/h2-5,9,13H,6-8,15H2,1H3. The van der Waals surface area contributed by atoms with Gasteiger partial charge in [0.1, 0.15) is 5.75 Å². The van der Waals surface area contributed by atoms with Crippen LogP contribution in [-0.2, 0) is 6.61 Å². The Bertz CT molecular complexity index is 588. The Balaban J connectivity index is 1.61. The quantitative estimate of drug-likeness (QED) is 0.866. The van der Waals surface area contributed by atoms with E-state index in [2.05, 4.69) is 17.1 Å². The zero-order chi connectivity index (χ0) is 14.7. The molecule has 0 bridgehead atoms. The number of rotatable bonds is 4. The van der Waals surface area contributed by atoms with Crippen LogP contribution in [0.1, 0.15) is 23.9 Å². The van der Waals surface area contributed by atoms with E-state index in [0.717, 1.165) is 17.3 Å². The van der Waals surface area contributed by atoms with E-state index in [-0.39, 0.29) is 6.61 Å². The van der Waals surface area contributed by atoms with Crippen molar-refractivity contribution in [2.24, 2.45) is 0 Å². The number of nitrogens with zero attached hydrogens (tertiary/aromatic N) is 2. The third kappa shape index (κ3) is 3.65. The first-order chi connectivity index (χ1) is 10.2. The Kier molecular flexibility index (Phi) is 4.60. The number of anilines is 1. The van der Waals surface area contributed by atoms with Crippen molar-refractivity contribution in [2.75, 3.05) is 17.2 Å². The first kappa shape index (κ1) is 14.6. The molecule has 2 heterocycles. The van der Waals surface area contributed by atoms with Crippen molar-refractivity contribution in [1.29, 1.82) is 0 Å². The van der Waals surface area contributed by atoms with Crippen LogP contribution in [0.25, 0.3) is 0 Å². The molecule has 7 heteroatoms. The number of nitrogens with two attached hydrogens (primary N) is 1. The summed E-state index contributed by atoms with van der Waals surface area (Å²) in [6.07, 6.45) is 0. The van der Waals surface area contributed by atoms with Gasteiger partial charge in [0.2, 0.25) is 0 Å². The number of thioether (sulfide) groups is 2. The maximum atomic E-state index is 5.63. The van der Waals surface area contributed by atoms with Gasteiger partial charge in [-0.25, -0.2) is 0 Å². The van der Waals surface area contributed by atoms with E-state index in [1.807, 2.05) is 35.7 Å². The molecule has 0 saturated carbocycles. The number of aromatic nitrogens is 2. The second kappa shape index (κ2) is 6.62. The third-order valence-electron chi connectivity index (χ3n) is 3.17. The first-order valence-electron chi connectivity index (χ1n) is 6.76. The van der Waals surface area contributed by atoms with E-state index in [1.165, 1.54) is 5.75 Å². The van der Waals surface area contributed by atoms with Gasteiger partial charge in [-0.3, -0.25) is 0 Å². The van der Waals surface area contributed by atoms with Gasteiger partial charge in [-0.15, -0.1) is 11.8 Å². The fraction of sp³-hybridized carbons (Fsp3) is 0.429. The topological polar surface area (TPSA) is 74.2 Å². The van der Waals surface area contributed by atoms with Crippen molar-refractivity contribution in [2.45, 2.75) is 24.0 Å². The summed E-state index contributed by atoms with van der Waals surface area (Å²) in [4.78, 5) is 4.46. The van der Waals surface area contributed by atoms with Crippen molar-refractivity contribution < 1.29 is 9.26 Å². The van der Waals surface area contributed by atoms with Gasteiger partial charge in [0.25, 0.3) is 5.89 Å². The molecule has 0 radical (unpaired) electrons. The highest BCUT2D eigenvalue weighted by Gasteiger charge is 2.28. The van der Waals surface area contributed by atoms with Gasteiger partial charge in [0, 0.05) is 22.4 Å². The van der Waals surface area contributed by atoms with Gasteiger partial charge in [-0.1, -0.05) is 12.1 Å². The molecule has 1 aliphatic heterocycles. The molecule has 3 rings (SSSR count). The Morgan fingerprint density at radius 2 is 2.05 bits per heavy atom. The summed E-state index contributed by atoms with van der Waals surface area (Å²) in [5.74, 6) is 4.33. The van der Waals surface area contributed by atoms with E-state index in [0.29, 0.717) is 22.1 Å². The van der Waals surface area contributed by atoms with Gasteiger partial charge >= 0.3 is 0 Å². The summed E-state index contributed by atoms with van der Waals surface area (Å²) in [6.45, 7) is 2.48. The van der Waals surface area contributed by atoms with Crippen molar-refractivity contribution >= 4 is 29.2 Å². The maximum absolute atomic E-state index is 5.63. The van der Waals surface area contributed by atoms with E-state index in [1.54, 1.807) is 12.1 Å². The predicted octanol–water partition coefficient (Wildman–Crippen LogP) is 3.14. The first-order valence-corrected chi connectivity index (χ1v) is 8.86. The average molecular weight is 323 g/mol. The summed E-state index contributed by atoms with van der Waals surface area (Å²) in [5.41, 5.74) is 6.34. The fourth-order valence-corrected chi connectivity index (χ4v) is 4.75. The number of hydrogen-bond acceptors (Lipinski definition) is 7. The van der Waals surface area contributed by atoms with Gasteiger partial charge in [0.15, 0.2) is 12.4 Å². The van der Waals surface area contributed by atoms with Gasteiger partial charge in [0.05, 0.1) is 5.25 Å². The van der Waals surface area contributed by atoms with E-state index in [9.17, 15) is 0 Å². The molecule has 1 aromatic carbocycles. The van der Waals surface area contributed by atoms with E-state index >= 15 is 0 Å². The number of hydrogen-bond donors (Lipinski definition) is 1. The predicted molar refractivity (Wildman–Crippen MR) is 86.6 cm³/mol. The lowest BCUT2D eigenvalue weighted by molar-refractivity contribution is 0.242. The highest BCUT2D eigenvalue weighted by molar-refractivity contribution is 8.06. The Labute approximate surface area is 132 Å². The summed E-state index contributed by atoms with van der Waals surface area (Å²) < 4.78 is 10.9. The van der Waals surface area contributed by atoms with Crippen LogP contribution in [-0.4, -0.2) is 26.9 Å². The average Bonchev–Trinajstić information content (AvgIpc) is 2.96. The SMILES string of the molecule is CC1SCCSC1c1noc(COc2ccc(N)cc2)n1. The molecule has 112 valence electrons. The van der Waals surface area contributed by atoms with Crippen molar-refractivity contribution in [3.8, 4) is 5.75 Å². The minimum absolute atomic E-state index is 0.274. The highest BCUT2D eigenvalue weighted by Crippen LogP contribution is 2.41. The molecule has 2 N–H and O–H groups in total. The van der Waals surface area contributed by atoms with Crippen LogP contribution in [0.2, 0.25) is 0 Å². The van der Waals surface area contributed by atoms with Crippen molar-refractivity contribution in [3.63, 3.8) is 0 Å². The summed E-state index contributed by atoms with van der Waals surface area (Å²) in [7, 11) is 0. The lowest BCUT2D eigenvalue weighted by Crippen LogP contribution is -2.16. The van der Waals surface area contributed by atoms with Crippen molar-refractivity contribution in [1.82, 2.24) is 10.1 Å². The van der Waals surface area contributed by atoms with Crippen LogP contribution in [0.3, 0.4) is 0 Å². The van der Waals surface area contributed by atoms with Crippen LogP contribution in [0.5, 0.6) is 5.75 Å². The molecule has 2 aromatic rings. The van der Waals surface area contributed by atoms with Crippen LogP contribution in [0, 0.1) is 0 Å². The molecular formula is C14H17N3O2S2. The monoisotopic (exact) mass is 323 g/mol. The smallest absolute Gasteiger partial charge is 0.264 e. The van der Waals surface area contributed by atoms with Crippen molar-refractivity contribution in [3.05, 3.63) is 36.0 Å². The summed E-state index contributed by atoms with van der Waals surface area (Å²) in [6, 6.07) is 7.24. The molecule has 2 unspecified atom stereocenters. The number of ether oxygens (including phenoxy) is 1. The molecular weight excluding hydrogens is 306 g/mol. The lowest BCUT2D eigenvalue weighted by atomic mass is 10.3. The zero-order valence-corrected chi connectivity index (χ0v) is 13.3. The second-order valence-corrected chi connectivity index (χ2v) is 7.51. The van der Waals surface area contributed by atoms with Gasteiger partial charge < -0.3 is 15.0 Å². The van der Waals surface area contributed by atoms with Crippen LogP contribution >= 0.6 is 23.5 Å².